The molecule has 1 aromatic heterocycles. The Morgan fingerprint density at radius 2 is 1.17 bits per heavy atom. The van der Waals surface area contributed by atoms with Crippen molar-refractivity contribution >= 4 is 57.1 Å². The Morgan fingerprint density at radius 1 is 0.524 bits per heavy atom. The summed E-state index contributed by atoms with van der Waals surface area (Å²) in [5, 5.41) is 5.81. The number of nitrogens with one attached hydrogen (secondary N) is 1. The average Bonchev–Trinajstić information content (AvgIpc) is 3.70. The van der Waals surface area contributed by atoms with Crippen molar-refractivity contribution in [3.8, 4) is 39.1 Å². The van der Waals surface area contributed by atoms with Crippen molar-refractivity contribution in [1.29, 1.82) is 0 Å². The highest BCUT2D eigenvalue weighted by Crippen LogP contribution is 2.41. The van der Waals surface area contributed by atoms with Crippen molar-refractivity contribution in [2.24, 2.45) is 15.0 Å². The van der Waals surface area contributed by atoms with E-state index in [1.165, 1.54) is 33.0 Å². The first-order chi connectivity index (χ1) is 31.1. The monoisotopic (exact) mass is 811 g/mol. The van der Waals surface area contributed by atoms with Gasteiger partial charge in [-0.2, -0.15) is 0 Å². The molecule has 0 spiro atoms. The minimum atomic E-state index is 0.500. The van der Waals surface area contributed by atoms with Crippen molar-refractivity contribution in [2.45, 2.75) is 12.8 Å². The van der Waals surface area contributed by atoms with E-state index in [1.54, 1.807) is 0 Å². The first-order valence-corrected chi connectivity index (χ1v) is 21.4. The minimum Gasteiger partial charge on any atom is -0.388 e. The summed E-state index contributed by atoms with van der Waals surface area (Å²) in [7, 11) is 1.95. The van der Waals surface area contributed by atoms with Gasteiger partial charge in [-0.1, -0.05) is 170 Å². The number of para-hydroxylation sites is 2. The molecule has 1 N–H and O–H groups in total. The van der Waals surface area contributed by atoms with Gasteiger partial charge in [-0.05, 0) is 95.4 Å². The number of allylic oxidation sites excluding steroid dienone is 4. The normalized spacial score (nSPS) is 13.0. The molecule has 0 radical (unpaired) electrons. The largest absolute Gasteiger partial charge is 0.388 e. The van der Waals surface area contributed by atoms with E-state index in [2.05, 4.69) is 167 Å². The van der Waals surface area contributed by atoms with Crippen LogP contribution in [0.2, 0.25) is 0 Å². The van der Waals surface area contributed by atoms with E-state index < -0.39 is 0 Å². The van der Waals surface area contributed by atoms with E-state index in [0.29, 0.717) is 11.7 Å². The van der Waals surface area contributed by atoms with E-state index in [0.717, 1.165) is 74.3 Å². The predicted molar refractivity (Wildman–Crippen MR) is 268 cm³/mol. The summed E-state index contributed by atoms with van der Waals surface area (Å²) >= 11 is 0. The van der Waals surface area contributed by atoms with Gasteiger partial charge in [0.1, 0.15) is 0 Å². The maximum atomic E-state index is 5.43. The summed E-state index contributed by atoms with van der Waals surface area (Å²) in [4.78, 5) is 14.9. The summed E-state index contributed by atoms with van der Waals surface area (Å²) in [5.41, 5.74) is 15.9. The maximum Gasteiger partial charge on any atom is 0.162 e. The Morgan fingerprint density at radius 3 is 1.92 bits per heavy atom. The van der Waals surface area contributed by atoms with Gasteiger partial charge in [-0.3, -0.25) is 0 Å². The Hall–Kier alpha value is -8.15. The third-order valence-corrected chi connectivity index (χ3v) is 11.8. The summed E-state index contributed by atoms with van der Waals surface area (Å²) in [6.45, 7) is 3.90. The molecule has 0 bridgehead atoms. The second kappa shape index (κ2) is 17.4. The zero-order valence-corrected chi connectivity index (χ0v) is 35.1. The van der Waals surface area contributed by atoms with Gasteiger partial charge in [0, 0.05) is 51.4 Å². The first kappa shape index (κ1) is 39.0. The molecule has 10 rings (SSSR count). The molecule has 0 saturated carbocycles. The molecule has 9 aromatic rings. The van der Waals surface area contributed by atoms with E-state index in [9.17, 15) is 0 Å². The van der Waals surface area contributed by atoms with Crippen LogP contribution in [0.1, 0.15) is 29.5 Å². The highest BCUT2D eigenvalue weighted by atomic mass is 15.0. The lowest BCUT2D eigenvalue weighted by Crippen LogP contribution is -2.04. The van der Waals surface area contributed by atoms with Gasteiger partial charge in [-0.25, -0.2) is 15.0 Å². The van der Waals surface area contributed by atoms with Crippen molar-refractivity contribution in [3.63, 3.8) is 0 Å². The average molecular weight is 812 g/mol. The number of anilines is 1. The number of aliphatic imine (C=N–C) groups is 3. The molecule has 8 aromatic carbocycles. The third-order valence-electron chi connectivity index (χ3n) is 11.8. The molecule has 0 atom stereocenters. The zero-order chi connectivity index (χ0) is 42.5. The standard InChI is InChI=1S/C58H45N5/c1-59-53-29-17-15-27-49(53)50-33-31-44(38-54(50)61-58(43-25-13-6-14-26-43)62-57(60-2)42-23-11-5-12-24-42)45-32-34-52-51-28-16-18-30-55(51)63(56(52)39-45)48-36-46(40-19-7-3-8-20-40)35-47(37-48)41-21-9-4-10-22-41/h3,5-9,11-39,59H,2,4,10H2,1H3. The summed E-state index contributed by atoms with van der Waals surface area (Å²) in [6, 6.07) is 68.2. The molecule has 1 heterocycles. The number of aromatic nitrogens is 1. The quantitative estimate of drug-likeness (QED) is 0.115. The van der Waals surface area contributed by atoms with Crippen LogP contribution >= 0.6 is 0 Å². The Bertz CT molecular complexity index is 3260. The molecule has 0 aliphatic heterocycles. The predicted octanol–water partition coefficient (Wildman–Crippen LogP) is 14.8. The summed E-state index contributed by atoms with van der Waals surface area (Å²) in [6.07, 6.45) is 9.03. The molecule has 1 aliphatic rings. The molecule has 0 saturated heterocycles. The van der Waals surface area contributed by atoms with Crippen LogP contribution in [0.5, 0.6) is 0 Å². The van der Waals surface area contributed by atoms with Crippen LogP contribution in [0, 0.1) is 0 Å². The van der Waals surface area contributed by atoms with Crippen LogP contribution in [0.25, 0.3) is 66.4 Å². The van der Waals surface area contributed by atoms with Crippen molar-refractivity contribution in [3.05, 3.63) is 229 Å². The highest BCUT2D eigenvalue weighted by Gasteiger charge is 2.18. The number of nitrogens with zero attached hydrogens (tertiary/aromatic N) is 4. The van der Waals surface area contributed by atoms with Gasteiger partial charge >= 0.3 is 0 Å². The second-order valence-corrected chi connectivity index (χ2v) is 15.6. The molecular weight excluding hydrogens is 767 g/mol. The topological polar surface area (TPSA) is 54.0 Å². The van der Waals surface area contributed by atoms with E-state index in [4.69, 9.17) is 9.98 Å². The number of benzene rings is 8. The molecule has 0 fully saturated rings. The van der Waals surface area contributed by atoms with Crippen molar-refractivity contribution in [1.82, 2.24) is 4.57 Å². The zero-order valence-electron chi connectivity index (χ0n) is 35.1. The van der Waals surface area contributed by atoms with Gasteiger partial charge in [0.25, 0.3) is 0 Å². The number of amidine groups is 2. The van der Waals surface area contributed by atoms with E-state index >= 15 is 0 Å². The van der Waals surface area contributed by atoms with E-state index in [-0.39, 0.29) is 0 Å². The third kappa shape index (κ3) is 7.84. The number of fused-ring (bicyclic) bond motifs is 3. The lowest BCUT2D eigenvalue weighted by Gasteiger charge is -2.16. The van der Waals surface area contributed by atoms with Gasteiger partial charge in [0.15, 0.2) is 11.7 Å². The lowest BCUT2D eigenvalue weighted by atomic mass is 9.95. The fraction of sp³-hybridized carbons (Fsp3) is 0.0517. The van der Waals surface area contributed by atoms with Gasteiger partial charge in [0.05, 0.1) is 16.7 Å². The van der Waals surface area contributed by atoms with E-state index in [1.807, 2.05) is 73.8 Å². The molecule has 5 nitrogen and oxygen atoms in total. The highest BCUT2D eigenvalue weighted by molar-refractivity contribution is 6.14. The SMILES string of the molecule is C=NC(=NC(=Nc1cc(-c2ccc3c4ccccc4n(-c4cc(C5=CCCC=C5)cc(-c5ccccc5)c4)c3c2)ccc1-c1ccccc1NC)c1ccccc1)c1ccccc1. The summed E-state index contributed by atoms with van der Waals surface area (Å²) < 4.78 is 2.43. The second-order valence-electron chi connectivity index (χ2n) is 15.6. The minimum absolute atomic E-state index is 0.500. The molecule has 63 heavy (non-hydrogen) atoms. The van der Waals surface area contributed by atoms with Crippen LogP contribution < -0.4 is 5.32 Å². The molecule has 5 heteroatoms. The maximum absolute atomic E-state index is 5.43. The number of hydrogen-bond acceptors (Lipinski definition) is 2. The van der Waals surface area contributed by atoms with Crippen LogP contribution in [-0.4, -0.2) is 30.0 Å². The van der Waals surface area contributed by atoms with Gasteiger partial charge < -0.3 is 9.88 Å². The van der Waals surface area contributed by atoms with Crippen LogP contribution in [0.15, 0.2) is 227 Å². The summed E-state index contributed by atoms with van der Waals surface area (Å²) in [5.74, 6) is 1.04. The van der Waals surface area contributed by atoms with Gasteiger partial charge in [-0.15, -0.1) is 0 Å². The number of hydrogen-bond donors (Lipinski definition) is 1. The molecule has 302 valence electrons. The first-order valence-electron chi connectivity index (χ1n) is 21.4. The molecule has 1 aliphatic carbocycles. The lowest BCUT2D eigenvalue weighted by molar-refractivity contribution is 1.04. The van der Waals surface area contributed by atoms with Crippen molar-refractivity contribution < 1.29 is 0 Å². The van der Waals surface area contributed by atoms with Crippen molar-refractivity contribution in [2.75, 3.05) is 12.4 Å². The Balaban J connectivity index is 1.19. The smallest absolute Gasteiger partial charge is 0.162 e. The fourth-order valence-electron chi connectivity index (χ4n) is 8.66. The molecular formula is C58H45N5. The molecule has 0 unspecified atom stereocenters. The Kier molecular flexibility index (Phi) is 10.8. The van der Waals surface area contributed by atoms with Crippen LogP contribution in [0.3, 0.4) is 0 Å². The van der Waals surface area contributed by atoms with Gasteiger partial charge in [0.2, 0.25) is 0 Å². The molecule has 0 amide bonds. The van der Waals surface area contributed by atoms with Crippen LogP contribution in [-0.2, 0) is 0 Å². The van der Waals surface area contributed by atoms with Crippen LogP contribution in [0.4, 0.5) is 11.4 Å². The number of rotatable bonds is 9. The Labute approximate surface area is 368 Å². The fourth-order valence-corrected chi connectivity index (χ4v) is 8.66.